The molecule has 1 rings (SSSR count). The highest BCUT2D eigenvalue weighted by Gasteiger charge is 2.33. The number of aliphatic carboxylic acids is 1. The van der Waals surface area contributed by atoms with Gasteiger partial charge in [-0.3, -0.25) is 0 Å². The molecule has 5 heteroatoms. The quantitative estimate of drug-likeness (QED) is 0.854. The number of hydrogen-bond donors (Lipinski definition) is 2. The van der Waals surface area contributed by atoms with Crippen LogP contribution in [0.15, 0.2) is 22.7 Å². The Balaban J connectivity index is 3.33. The van der Waals surface area contributed by atoms with E-state index in [1.54, 1.807) is 0 Å². The summed E-state index contributed by atoms with van der Waals surface area (Å²) in [7, 11) is 0. The van der Waals surface area contributed by atoms with Crippen molar-refractivity contribution >= 4 is 21.9 Å². The lowest BCUT2D eigenvalue weighted by Gasteiger charge is -2.20. The molecule has 1 atom stereocenters. The van der Waals surface area contributed by atoms with Crippen LogP contribution in [0.2, 0.25) is 0 Å². The zero-order chi connectivity index (χ0) is 10.9. The standard InChI is InChI=1S/C9H9BrFNO2/c1-9(12,8(13)14)5-3-2-4-6(10)7(5)11/h2-4H,12H2,1H3,(H,13,14)/t9-/m0/s1. The van der Waals surface area contributed by atoms with E-state index in [4.69, 9.17) is 10.8 Å². The number of benzene rings is 1. The number of nitrogens with two attached hydrogens (primary N) is 1. The zero-order valence-electron chi connectivity index (χ0n) is 7.42. The van der Waals surface area contributed by atoms with Crippen LogP contribution in [0.3, 0.4) is 0 Å². The Hall–Kier alpha value is -0.940. The number of hydrogen-bond acceptors (Lipinski definition) is 2. The third-order valence-electron chi connectivity index (χ3n) is 1.96. The highest BCUT2D eigenvalue weighted by atomic mass is 79.9. The molecule has 0 amide bonds. The largest absolute Gasteiger partial charge is 0.480 e. The maximum absolute atomic E-state index is 13.5. The van der Waals surface area contributed by atoms with Gasteiger partial charge in [-0.25, -0.2) is 9.18 Å². The van der Waals surface area contributed by atoms with Gasteiger partial charge in [-0.05, 0) is 28.9 Å². The monoisotopic (exact) mass is 261 g/mol. The first-order chi connectivity index (χ1) is 6.37. The maximum atomic E-state index is 13.5. The number of carboxylic acids is 1. The lowest BCUT2D eigenvalue weighted by molar-refractivity contribution is -0.143. The first-order valence-corrected chi connectivity index (χ1v) is 4.63. The minimum absolute atomic E-state index is 0.0422. The predicted molar refractivity (Wildman–Crippen MR) is 53.3 cm³/mol. The van der Waals surface area contributed by atoms with Gasteiger partial charge in [0.2, 0.25) is 0 Å². The van der Waals surface area contributed by atoms with Gasteiger partial charge >= 0.3 is 5.97 Å². The summed E-state index contributed by atoms with van der Waals surface area (Å²) in [6.45, 7) is 1.25. The summed E-state index contributed by atoms with van der Waals surface area (Å²) >= 11 is 2.96. The number of carboxylic acid groups (broad SMARTS) is 1. The molecule has 14 heavy (non-hydrogen) atoms. The van der Waals surface area contributed by atoms with Gasteiger partial charge < -0.3 is 10.8 Å². The summed E-state index contributed by atoms with van der Waals surface area (Å²) in [5.74, 6) is -1.91. The molecule has 0 aliphatic heterocycles. The van der Waals surface area contributed by atoms with E-state index >= 15 is 0 Å². The van der Waals surface area contributed by atoms with Crippen molar-refractivity contribution in [3.8, 4) is 0 Å². The molecule has 0 aromatic heterocycles. The number of rotatable bonds is 2. The van der Waals surface area contributed by atoms with Gasteiger partial charge in [0.05, 0.1) is 4.47 Å². The topological polar surface area (TPSA) is 63.3 Å². The molecule has 3 N–H and O–H groups in total. The lowest BCUT2D eigenvalue weighted by Crippen LogP contribution is -2.42. The van der Waals surface area contributed by atoms with Crippen molar-refractivity contribution in [3.63, 3.8) is 0 Å². The minimum Gasteiger partial charge on any atom is -0.480 e. The summed E-state index contributed by atoms with van der Waals surface area (Å²) in [6, 6.07) is 4.38. The fourth-order valence-electron chi connectivity index (χ4n) is 1.02. The van der Waals surface area contributed by atoms with Gasteiger partial charge in [-0.15, -0.1) is 0 Å². The summed E-state index contributed by atoms with van der Waals surface area (Å²) in [5, 5.41) is 8.80. The van der Waals surface area contributed by atoms with Crippen LogP contribution in [0.1, 0.15) is 12.5 Å². The predicted octanol–water partition coefficient (Wildman–Crippen LogP) is 1.85. The second-order valence-electron chi connectivity index (χ2n) is 3.11. The van der Waals surface area contributed by atoms with Gasteiger partial charge in [-0.1, -0.05) is 12.1 Å². The average molecular weight is 262 g/mol. The van der Waals surface area contributed by atoms with Crippen LogP contribution in [0.5, 0.6) is 0 Å². The molecule has 0 saturated heterocycles. The summed E-state index contributed by atoms with van der Waals surface area (Å²) in [4.78, 5) is 10.8. The first-order valence-electron chi connectivity index (χ1n) is 3.84. The van der Waals surface area contributed by atoms with Crippen LogP contribution in [0.25, 0.3) is 0 Å². The Morgan fingerprint density at radius 3 is 2.71 bits per heavy atom. The van der Waals surface area contributed by atoms with E-state index in [2.05, 4.69) is 15.9 Å². The molecule has 1 aromatic carbocycles. The van der Waals surface area contributed by atoms with Crippen LogP contribution in [0, 0.1) is 5.82 Å². The van der Waals surface area contributed by atoms with Gasteiger partial charge in [0.25, 0.3) is 0 Å². The zero-order valence-corrected chi connectivity index (χ0v) is 9.01. The van der Waals surface area contributed by atoms with E-state index in [1.807, 2.05) is 0 Å². The van der Waals surface area contributed by atoms with Gasteiger partial charge in [-0.2, -0.15) is 0 Å². The molecular weight excluding hydrogens is 253 g/mol. The van der Waals surface area contributed by atoms with E-state index in [-0.39, 0.29) is 10.0 Å². The molecule has 0 unspecified atom stereocenters. The maximum Gasteiger partial charge on any atom is 0.328 e. The summed E-state index contributed by atoms with van der Waals surface area (Å²) < 4.78 is 13.7. The summed E-state index contributed by atoms with van der Waals surface area (Å²) in [5.41, 5.74) is 3.73. The van der Waals surface area contributed by atoms with Crippen LogP contribution < -0.4 is 5.73 Å². The van der Waals surface area contributed by atoms with Crippen LogP contribution in [-0.2, 0) is 10.3 Å². The van der Waals surface area contributed by atoms with Crippen molar-refractivity contribution in [3.05, 3.63) is 34.1 Å². The molecular formula is C9H9BrFNO2. The Morgan fingerprint density at radius 2 is 2.21 bits per heavy atom. The molecule has 0 bridgehead atoms. The van der Waals surface area contributed by atoms with Crippen molar-refractivity contribution in [2.75, 3.05) is 0 Å². The Bertz CT molecular complexity index is 379. The Labute approximate surface area is 88.9 Å². The normalized spacial score (nSPS) is 14.9. The van der Waals surface area contributed by atoms with E-state index in [1.165, 1.54) is 25.1 Å². The van der Waals surface area contributed by atoms with Gasteiger partial charge in [0, 0.05) is 5.56 Å². The van der Waals surface area contributed by atoms with Crippen molar-refractivity contribution < 1.29 is 14.3 Å². The molecule has 0 radical (unpaired) electrons. The van der Waals surface area contributed by atoms with E-state index in [0.717, 1.165) is 0 Å². The third kappa shape index (κ3) is 1.78. The first kappa shape index (κ1) is 11.1. The van der Waals surface area contributed by atoms with Gasteiger partial charge in [0.1, 0.15) is 11.4 Å². The summed E-state index contributed by atoms with van der Waals surface area (Å²) in [6.07, 6.45) is 0. The molecule has 0 spiro atoms. The molecule has 0 fully saturated rings. The number of halogens is 2. The highest BCUT2D eigenvalue weighted by molar-refractivity contribution is 9.10. The van der Waals surface area contributed by atoms with Crippen molar-refractivity contribution in [2.24, 2.45) is 5.73 Å². The van der Waals surface area contributed by atoms with Crippen LogP contribution in [-0.4, -0.2) is 11.1 Å². The van der Waals surface area contributed by atoms with E-state index in [0.29, 0.717) is 0 Å². The smallest absolute Gasteiger partial charge is 0.328 e. The van der Waals surface area contributed by atoms with E-state index in [9.17, 15) is 9.18 Å². The fourth-order valence-corrected chi connectivity index (χ4v) is 1.39. The second-order valence-corrected chi connectivity index (χ2v) is 3.96. The van der Waals surface area contributed by atoms with Crippen molar-refractivity contribution in [1.29, 1.82) is 0 Å². The fraction of sp³-hybridized carbons (Fsp3) is 0.222. The second kappa shape index (κ2) is 3.67. The highest BCUT2D eigenvalue weighted by Crippen LogP contribution is 2.26. The average Bonchev–Trinajstić information content (AvgIpc) is 2.09. The molecule has 0 heterocycles. The van der Waals surface area contributed by atoms with E-state index < -0.39 is 17.3 Å². The van der Waals surface area contributed by atoms with Gasteiger partial charge in [0.15, 0.2) is 0 Å². The third-order valence-corrected chi connectivity index (χ3v) is 2.57. The molecule has 1 aromatic rings. The molecule has 0 aliphatic carbocycles. The van der Waals surface area contributed by atoms with Crippen molar-refractivity contribution in [1.82, 2.24) is 0 Å². The molecule has 0 saturated carbocycles. The minimum atomic E-state index is -1.71. The molecule has 0 aliphatic rings. The van der Waals surface area contributed by atoms with Crippen molar-refractivity contribution in [2.45, 2.75) is 12.5 Å². The Morgan fingerprint density at radius 1 is 1.64 bits per heavy atom. The number of carbonyl (C=O) groups is 1. The lowest BCUT2D eigenvalue weighted by atomic mass is 9.93. The Kier molecular flexibility index (Phi) is 2.92. The molecule has 76 valence electrons. The molecule has 3 nitrogen and oxygen atoms in total. The van der Waals surface area contributed by atoms with Crippen LogP contribution >= 0.6 is 15.9 Å². The van der Waals surface area contributed by atoms with Crippen LogP contribution in [0.4, 0.5) is 4.39 Å². The SMILES string of the molecule is C[C@@](N)(C(=O)O)c1cccc(Br)c1F.